The standard InChI is InChI=1S/C24H25ClN4O2S/c1-5-28(10-17-8-14(2)13-32-17)24-19-11-31-12-21(19)26-23-22(15(3)27-29(23)24)18-7-6-16(30-4)9-20(18)25/h6-9,13H,5,10-12H2,1-4H3. The summed E-state index contributed by atoms with van der Waals surface area (Å²) < 4.78 is 13.1. The Kier molecular flexibility index (Phi) is 5.57. The number of aryl methyl sites for hydroxylation is 2. The third-order valence-corrected chi connectivity index (χ3v) is 7.19. The van der Waals surface area contributed by atoms with E-state index in [4.69, 9.17) is 31.2 Å². The van der Waals surface area contributed by atoms with Crippen molar-refractivity contribution in [2.24, 2.45) is 0 Å². The number of benzene rings is 1. The van der Waals surface area contributed by atoms with Crippen molar-refractivity contribution in [1.29, 1.82) is 0 Å². The number of aromatic nitrogens is 3. The van der Waals surface area contributed by atoms with Crippen LogP contribution in [-0.2, 0) is 24.5 Å². The van der Waals surface area contributed by atoms with E-state index in [1.807, 2.05) is 29.6 Å². The summed E-state index contributed by atoms with van der Waals surface area (Å²) in [6.07, 6.45) is 0. The van der Waals surface area contributed by atoms with Gasteiger partial charge < -0.3 is 14.4 Å². The molecule has 166 valence electrons. The van der Waals surface area contributed by atoms with Gasteiger partial charge in [0.05, 0.1) is 48.8 Å². The molecule has 1 aliphatic heterocycles. The van der Waals surface area contributed by atoms with E-state index in [-0.39, 0.29) is 0 Å². The summed E-state index contributed by atoms with van der Waals surface area (Å²) in [5.41, 5.74) is 6.90. The predicted molar refractivity (Wildman–Crippen MR) is 129 cm³/mol. The van der Waals surface area contributed by atoms with Crippen LogP contribution in [0.4, 0.5) is 5.82 Å². The number of nitrogens with zero attached hydrogens (tertiary/aromatic N) is 4. The van der Waals surface area contributed by atoms with Gasteiger partial charge in [-0.05, 0) is 56.0 Å². The van der Waals surface area contributed by atoms with Crippen LogP contribution in [0.2, 0.25) is 5.02 Å². The number of fused-ring (bicyclic) bond motifs is 2. The first kappa shape index (κ1) is 21.2. The van der Waals surface area contributed by atoms with Gasteiger partial charge in [-0.1, -0.05) is 11.6 Å². The molecule has 8 heteroatoms. The molecule has 32 heavy (non-hydrogen) atoms. The number of anilines is 1. The van der Waals surface area contributed by atoms with Crippen LogP contribution in [-0.4, -0.2) is 28.3 Å². The summed E-state index contributed by atoms with van der Waals surface area (Å²) in [4.78, 5) is 8.67. The van der Waals surface area contributed by atoms with Crippen LogP contribution in [0.1, 0.15) is 34.3 Å². The predicted octanol–water partition coefficient (Wildman–Crippen LogP) is 5.79. The van der Waals surface area contributed by atoms with E-state index in [1.165, 1.54) is 10.4 Å². The molecule has 0 radical (unpaired) electrons. The Labute approximate surface area is 196 Å². The van der Waals surface area contributed by atoms with Crippen LogP contribution < -0.4 is 9.64 Å². The highest BCUT2D eigenvalue weighted by Gasteiger charge is 2.28. The average Bonchev–Trinajstić information content (AvgIpc) is 3.49. The molecule has 0 unspecified atom stereocenters. The maximum Gasteiger partial charge on any atom is 0.165 e. The van der Waals surface area contributed by atoms with Gasteiger partial charge in [0.25, 0.3) is 0 Å². The average molecular weight is 469 g/mol. The Hall–Kier alpha value is -2.61. The van der Waals surface area contributed by atoms with Crippen LogP contribution in [0.5, 0.6) is 5.75 Å². The van der Waals surface area contributed by atoms with Crippen molar-refractivity contribution in [3.05, 3.63) is 62.1 Å². The number of ether oxygens (including phenoxy) is 2. The summed E-state index contributed by atoms with van der Waals surface area (Å²) in [5, 5.41) is 7.75. The van der Waals surface area contributed by atoms with Crippen LogP contribution >= 0.6 is 22.9 Å². The highest BCUT2D eigenvalue weighted by Crippen LogP contribution is 2.39. The van der Waals surface area contributed by atoms with Crippen LogP contribution in [0.15, 0.2) is 29.6 Å². The molecule has 3 aromatic heterocycles. The molecule has 0 amide bonds. The molecule has 1 aliphatic rings. The Bertz CT molecular complexity index is 1310. The third-order valence-electron chi connectivity index (χ3n) is 5.84. The Morgan fingerprint density at radius 3 is 2.78 bits per heavy atom. The van der Waals surface area contributed by atoms with Crippen molar-refractivity contribution in [2.45, 2.75) is 40.5 Å². The molecule has 6 nitrogen and oxygen atoms in total. The van der Waals surface area contributed by atoms with Gasteiger partial charge in [0, 0.05) is 22.5 Å². The summed E-state index contributed by atoms with van der Waals surface area (Å²) in [7, 11) is 1.64. The maximum absolute atomic E-state index is 6.65. The molecule has 5 rings (SSSR count). The van der Waals surface area contributed by atoms with Gasteiger partial charge in [-0.2, -0.15) is 9.61 Å². The Morgan fingerprint density at radius 2 is 2.09 bits per heavy atom. The van der Waals surface area contributed by atoms with Crippen molar-refractivity contribution < 1.29 is 9.47 Å². The van der Waals surface area contributed by atoms with Crippen molar-refractivity contribution in [3.63, 3.8) is 0 Å². The summed E-state index contributed by atoms with van der Waals surface area (Å²) >= 11 is 8.44. The molecule has 0 fully saturated rings. The number of methoxy groups -OCH3 is 1. The fraction of sp³-hybridized carbons (Fsp3) is 0.333. The van der Waals surface area contributed by atoms with Gasteiger partial charge in [0.2, 0.25) is 0 Å². The molecule has 0 saturated carbocycles. The monoisotopic (exact) mass is 468 g/mol. The van der Waals surface area contributed by atoms with Gasteiger partial charge in [0.15, 0.2) is 5.65 Å². The van der Waals surface area contributed by atoms with Crippen LogP contribution in [0, 0.1) is 13.8 Å². The van der Waals surface area contributed by atoms with Crippen LogP contribution in [0.3, 0.4) is 0 Å². The Morgan fingerprint density at radius 1 is 1.25 bits per heavy atom. The first-order chi connectivity index (χ1) is 15.5. The lowest BCUT2D eigenvalue weighted by molar-refractivity contribution is 0.133. The minimum Gasteiger partial charge on any atom is -0.497 e. The lowest BCUT2D eigenvalue weighted by Gasteiger charge is -2.25. The topological polar surface area (TPSA) is 51.9 Å². The molecule has 0 spiro atoms. The summed E-state index contributed by atoms with van der Waals surface area (Å²) in [6.45, 7) is 9.04. The Balaban J connectivity index is 1.71. The largest absolute Gasteiger partial charge is 0.497 e. The summed E-state index contributed by atoms with van der Waals surface area (Å²) in [6, 6.07) is 7.97. The second-order valence-electron chi connectivity index (χ2n) is 8.00. The first-order valence-electron chi connectivity index (χ1n) is 10.6. The molecule has 0 N–H and O–H groups in total. The lowest BCUT2D eigenvalue weighted by Crippen LogP contribution is -2.26. The van der Waals surface area contributed by atoms with E-state index < -0.39 is 0 Å². The lowest BCUT2D eigenvalue weighted by atomic mass is 10.1. The number of hydrogen-bond acceptors (Lipinski definition) is 6. The normalized spacial score (nSPS) is 13.0. The number of halogens is 1. The van der Waals surface area contributed by atoms with Crippen LogP contribution in [0.25, 0.3) is 16.8 Å². The van der Waals surface area contributed by atoms with Gasteiger partial charge in [-0.15, -0.1) is 11.3 Å². The second kappa shape index (κ2) is 8.39. The van der Waals surface area contributed by atoms with Crippen molar-refractivity contribution in [1.82, 2.24) is 14.6 Å². The molecule has 4 heterocycles. The van der Waals surface area contributed by atoms with E-state index >= 15 is 0 Å². The molecule has 0 aliphatic carbocycles. The molecular weight excluding hydrogens is 444 g/mol. The number of thiophene rings is 1. The summed E-state index contributed by atoms with van der Waals surface area (Å²) in [5.74, 6) is 1.77. The van der Waals surface area contributed by atoms with Gasteiger partial charge in [0.1, 0.15) is 11.6 Å². The van der Waals surface area contributed by atoms with Gasteiger partial charge >= 0.3 is 0 Å². The van der Waals surface area contributed by atoms with Crippen molar-refractivity contribution >= 4 is 34.4 Å². The van der Waals surface area contributed by atoms with E-state index in [1.54, 1.807) is 18.4 Å². The molecular formula is C24H25ClN4O2S. The molecule has 0 atom stereocenters. The van der Waals surface area contributed by atoms with E-state index in [9.17, 15) is 0 Å². The highest BCUT2D eigenvalue weighted by atomic mass is 35.5. The molecule has 1 aromatic carbocycles. The zero-order chi connectivity index (χ0) is 22.4. The third kappa shape index (κ3) is 3.54. The highest BCUT2D eigenvalue weighted by molar-refractivity contribution is 7.10. The molecule has 4 aromatic rings. The van der Waals surface area contributed by atoms with Gasteiger partial charge in [-0.3, -0.25) is 0 Å². The van der Waals surface area contributed by atoms with Crippen molar-refractivity contribution in [2.75, 3.05) is 18.6 Å². The number of hydrogen-bond donors (Lipinski definition) is 0. The second-order valence-corrected chi connectivity index (χ2v) is 9.40. The van der Waals surface area contributed by atoms with E-state index in [0.29, 0.717) is 18.2 Å². The fourth-order valence-corrected chi connectivity index (χ4v) is 5.45. The maximum atomic E-state index is 6.65. The molecule has 0 bridgehead atoms. The smallest absolute Gasteiger partial charge is 0.165 e. The quantitative estimate of drug-likeness (QED) is 0.358. The zero-order valence-electron chi connectivity index (χ0n) is 18.6. The van der Waals surface area contributed by atoms with E-state index in [2.05, 4.69) is 30.2 Å². The zero-order valence-corrected chi connectivity index (χ0v) is 20.2. The first-order valence-corrected chi connectivity index (χ1v) is 11.9. The number of rotatable bonds is 6. The molecule has 0 saturated heterocycles. The fourth-order valence-electron chi connectivity index (χ4n) is 4.30. The minimum absolute atomic E-state index is 0.508. The SMILES string of the molecule is CCN(Cc1cc(C)cs1)c1c2c(nc3c(-c4ccc(OC)cc4Cl)c(C)nn13)COC2. The van der Waals surface area contributed by atoms with E-state index in [0.717, 1.165) is 58.4 Å². The van der Waals surface area contributed by atoms with Gasteiger partial charge in [-0.25, -0.2) is 4.98 Å². The van der Waals surface area contributed by atoms with Crippen molar-refractivity contribution in [3.8, 4) is 16.9 Å². The minimum atomic E-state index is 0.508.